The molecule has 73 heavy (non-hydrogen) atoms. The van der Waals surface area contributed by atoms with Crippen molar-refractivity contribution in [2.24, 2.45) is 0 Å². The zero-order valence-electron chi connectivity index (χ0n) is 47.2. The minimum Gasteiger partial charge on any atom is -0.394 e. The van der Waals surface area contributed by atoms with Gasteiger partial charge in [-0.3, -0.25) is 9.35 Å². The van der Waals surface area contributed by atoms with Crippen LogP contribution in [0.15, 0.2) is 12.2 Å². The Hall–Kier alpha value is -1.16. The standard InChI is InChI=1S/C60H117NO11S/c1-3-5-7-9-11-13-15-17-19-21-23-25-26-27-28-29-30-32-34-36-38-40-42-44-46-48-50-56(64)61-53(52-70-60-58(66)59(72-73(67,68)69)57(65)55(51-62)71-60)54(63)49-47-45-43-41-39-37-35-33-31-24-22-20-18-16-14-12-10-8-6-4-2/h27-28,53-55,57-60,62-63,65-66H,3-26,29-52H2,1-2H3,(H,61,64)(H,67,68,69)/b28-27-. The Morgan fingerprint density at radius 1 is 0.534 bits per heavy atom. The molecule has 0 aromatic heterocycles. The lowest BCUT2D eigenvalue weighted by Gasteiger charge is -2.41. The lowest BCUT2D eigenvalue weighted by molar-refractivity contribution is -0.298. The fraction of sp³-hybridized carbons (Fsp3) is 0.950. The SMILES string of the molecule is CCCCCCCCCCCCCC/C=C\CCCCCCCCCCCCC(=O)NC(COC1OC(CO)C(O)C(OS(=O)(=O)O)C1O)C(O)CCCCCCCCCCCCCCCCCCCCCC. The van der Waals surface area contributed by atoms with Crippen molar-refractivity contribution in [1.82, 2.24) is 5.32 Å². The number of hydrogen-bond donors (Lipinski definition) is 6. The molecule has 0 aromatic rings. The smallest absolute Gasteiger partial charge is 0.394 e. The minimum absolute atomic E-state index is 0.225. The van der Waals surface area contributed by atoms with Crippen LogP contribution in [0.5, 0.6) is 0 Å². The van der Waals surface area contributed by atoms with Gasteiger partial charge < -0.3 is 35.2 Å². The van der Waals surface area contributed by atoms with Crippen molar-refractivity contribution in [3.63, 3.8) is 0 Å². The van der Waals surface area contributed by atoms with Crippen LogP contribution in [-0.4, -0.2) is 95.4 Å². The van der Waals surface area contributed by atoms with Crippen molar-refractivity contribution in [2.75, 3.05) is 13.2 Å². The average molecular weight is 1060 g/mol. The van der Waals surface area contributed by atoms with E-state index >= 15 is 0 Å². The van der Waals surface area contributed by atoms with E-state index in [9.17, 15) is 38.2 Å². The molecule has 7 atom stereocenters. The first kappa shape index (κ1) is 69.9. The highest BCUT2D eigenvalue weighted by Gasteiger charge is 2.48. The molecule has 7 unspecified atom stereocenters. The van der Waals surface area contributed by atoms with Crippen molar-refractivity contribution in [1.29, 1.82) is 0 Å². The fourth-order valence-corrected chi connectivity index (χ4v) is 10.8. The third kappa shape index (κ3) is 42.5. The number of amides is 1. The molecule has 0 spiro atoms. The van der Waals surface area contributed by atoms with E-state index in [1.807, 2.05) is 0 Å². The van der Waals surface area contributed by atoms with Gasteiger partial charge in [-0.1, -0.05) is 276 Å². The molecule has 434 valence electrons. The van der Waals surface area contributed by atoms with Crippen molar-refractivity contribution in [2.45, 2.75) is 352 Å². The van der Waals surface area contributed by atoms with E-state index in [1.165, 1.54) is 231 Å². The molecule has 1 aliphatic heterocycles. The number of carbonyl (C=O) groups is 1. The molecule has 1 amide bonds. The fourth-order valence-electron chi connectivity index (χ4n) is 10.3. The van der Waals surface area contributed by atoms with E-state index in [-0.39, 0.29) is 12.5 Å². The van der Waals surface area contributed by atoms with Crippen LogP contribution in [0.1, 0.15) is 309 Å². The van der Waals surface area contributed by atoms with Gasteiger partial charge in [-0.25, -0.2) is 4.18 Å². The molecule has 1 aliphatic rings. The Morgan fingerprint density at radius 3 is 1.23 bits per heavy atom. The number of aliphatic hydroxyl groups is 4. The third-order valence-electron chi connectivity index (χ3n) is 15.1. The van der Waals surface area contributed by atoms with Crippen LogP contribution in [0.4, 0.5) is 0 Å². The summed E-state index contributed by atoms with van der Waals surface area (Å²) in [5, 5.41) is 45.2. The molecule has 0 radical (unpaired) electrons. The number of unbranched alkanes of at least 4 members (excludes halogenated alkanes) is 41. The number of hydrogen-bond acceptors (Lipinski definition) is 10. The molecular formula is C60H117NO11S. The van der Waals surface area contributed by atoms with Gasteiger partial charge in [-0.05, 0) is 38.5 Å². The van der Waals surface area contributed by atoms with Gasteiger partial charge in [0.05, 0.1) is 25.4 Å². The predicted octanol–water partition coefficient (Wildman–Crippen LogP) is 15.0. The molecule has 1 fully saturated rings. The molecule has 13 heteroatoms. The number of carbonyl (C=O) groups excluding carboxylic acids is 1. The topological polar surface area (TPSA) is 192 Å². The lowest BCUT2D eigenvalue weighted by atomic mass is 9.99. The summed E-state index contributed by atoms with van der Waals surface area (Å²) < 4.78 is 48.0. The summed E-state index contributed by atoms with van der Waals surface area (Å²) in [6.45, 7) is 3.51. The molecule has 1 heterocycles. The van der Waals surface area contributed by atoms with Gasteiger partial charge in [-0.2, -0.15) is 8.42 Å². The summed E-state index contributed by atoms with van der Waals surface area (Å²) >= 11 is 0. The Balaban J connectivity index is 2.30. The summed E-state index contributed by atoms with van der Waals surface area (Å²) in [6, 6.07) is -0.857. The highest BCUT2D eigenvalue weighted by atomic mass is 32.3. The molecular weight excluding hydrogens is 943 g/mol. The first-order valence-corrected chi connectivity index (χ1v) is 32.4. The van der Waals surface area contributed by atoms with E-state index in [1.54, 1.807) is 0 Å². The van der Waals surface area contributed by atoms with Crippen LogP contribution in [-0.2, 0) is 28.9 Å². The van der Waals surface area contributed by atoms with Gasteiger partial charge in [0.1, 0.15) is 24.4 Å². The van der Waals surface area contributed by atoms with Crippen LogP contribution in [0.2, 0.25) is 0 Å². The van der Waals surface area contributed by atoms with Crippen molar-refractivity contribution in [3.05, 3.63) is 12.2 Å². The summed E-state index contributed by atoms with van der Waals surface area (Å²) in [6.07, 6.45) is 52.2. The zero-order valence-corrected chi connectivity index (χ0v) is 48.0. The number of nitrogens with one attached hydrogen (secondary N) is 1. The monoisotopic (exact) mass is 1060 g/mol. The second-order valence-corrected chi connectivity index (χ2v) is 23.0. The predicted molar refractivity (Wildman–Crippen MR) is 301 cm³/mol. The molecule has 12 nitrogen and oxygen atoms in total. The van der Waals surface area contributed by atoms with Crippen LogP contribution >= 0.6 is 0 Å². The zero-order chi connectivity index (χ0) is 53.3. The van der Waals surface area contributed by atoms with Crippen LogP contribution in [0, 0.1) is 0 Å². The van der Waals surface area contributed by atoms with E-state index in [0.717, 1.165) is 51.4 Å². The quantitative estimate of drug-likeness (QED) is 0.0193. The highest BCUT2D eigenvalue weighted by molar-refractivity contribution is 7.80. The van der Waals surface area contributed by atoms with Gasteiger partial charge in [0.2, 0.25) is 5.91 Å². The summed E-state index contributed by atoms with van der Waals surface area (Å²) in [4.78, 5) is 13.2. The molecule has 6 N–H and O–H groups in total. The minimum atomic E-state index is -5.08. The molecule has 0 saturated carbocycles. The molecule has 0 aromatic carbocycles. The van der Waals surface area contributed by atoms with E-state index in [4.69, 9.17) is 9.47 Å². The third-order valence-corrected chi connectivity index (χ3v) is 15.5. The number of rotatable bonds is 55. The normalized spacial score (nSPS) is 19.2. The number of allylic oxidation sites excluding steroid dienone is 2. The maximum atomic E-state index is 13.2. The Morgan fingerprint density at radius 2 is 0.877 bits per heavy atom. The van der Waals surface area contributed by atoms with Gasteiger partial charge in [-0.15, -0.1) is 0 Å². The largest absolute Gasteiger partial charge is 0.397 e. The van der Waals surface area contributed by atoms with Crippen molar-refractivity contribution in [3.8, 4) is 0 Å². The summed E-state index contributed by atoms with van der Waals surface area (Å²) in [5.74, 6) is -0.225. The van der Waals surface area contributed by atoms with E-state index in [2.05, 4.69) is 35.5 Å². The van der Waals surface area contributed by atoms with Crippen molar-refractivity contribution >= 4 is 16.3 Å². The molecule has 0 bridgehead atoms. The second-order valence-electron chi connectivity index (χ2n) is 22.0. The van der Waals surface area contributed by atoms with Crippen LogP contribution in [0.3, 0.4) is 0 Å². The molecule has 0 aliphatic carbocycles. The number of aliphatic hydroxyl groups excluding tert-OH is 4. The van der Waals surface area contributed by atoms with Gasteiger partial charge >= 0.3 is 10.4 Å². The Kier molecular flexibility index (Phi) is 48.2. The summed E-state index contributed by atoms with van der Waals surface area (Å²) in [5.41, 5.74) is 0. The summed E-state index contributed by atoms with van der Waals surface area (Å²) in [7, 11) is -5.08. The maximum absolute atomic E-state index is 13.2. The van der Waals surface area contributed by atoms with Gasteiger partial charge in [0, 0.05) is 6.42 Å². The highest BCUT2D eigenvalue weighted by Crippen LogP contribution is 2.26. The Labute approximate surface area is 449 Å². The first-order valence-electron chi connectivity index (χ1n) is 31.1. The molecule has 1 rings (SSSR count). The van der Waals surface area contributed by atoms with Gasteiger partial charge in [0.15, 0.2) is 6.29 Å². The second kappa shape index (κ2) is 50.4. The van der Waals surface area contributed by atoms with E-state index < -0.39 is 59.9 Å². The van der Waals surface area contributed by atoms with E-state index in [0.29, 0.717) is 12.8 Å². The maximum Gasteiger partial charge on any atom is 0.397 e. The van der Waals surface area contributed by atoms with Gasteiger partial charge in [0.25, 0.3) is 0 Å². The van der Waals surface area contributed by atoms with Crippen LogP contribution in [0.25, 0.3) is 0 Å². The Bertz CT molecular complexity index is 1340. The average Bonchev–Trinajstić information content (AvgIpc) is 3.37. The lowest BCUT2D eigenvalue weighted by Crippen LogP contribution is -2.61. The first-order chi connectivity index (χ1) is 35.5. The van der Waals surface area contributed by atoms with Crippen molar-refractivity contribution < 1.29 is 51.8 Å². The number of ether oxygens (including phenoxy) is 2. The van der Waals surface area contributed by atoms with Crippen LogP contribution < -0.4 is 5.32 Å². The molecule has 1 saturated heterocycles.